The van der Waals surface area contributed by atoms with Crippen molar-refractivity contribution in [3.8, 4) is 0 Å². The van der Waals surface area contributed by atoms with E-state index in [1.54, 1.807) is 0 Å². The molecule has 52 heavy (non-hydrogen) atoms. The van der Waals surface area contributed by atoms with Crippen molar-refractivity contribution >= 4 is 24.1 Å². The Morgan fingerprint density at radius 1 is 0.692 bits per heavy atom. The standard InChI is InChI=1S/C42H60N4O6/c1-41(2)38(39(49)51-32-36(47)30-45-26-22-43(23-27-45)20-10-16-34-12-6-4-7-13-34)18-19-42(41,3)40(50)52-33-37(48)31-46-28-24-44(25-29-46)21-11-17-35-14-8-5-9-15-35/h4-17,36-38,47-48H,18-33H2,1-3H3/b16-10+,17-11+. The fourth-order valence-corrected chi connectivity index (χ4v) is 7.70. The number of aliphatic hydroxyl groups excluding tert-OH is 2. The lowest BCUT2D eigenvalue weighted by Gasteiger charge is -2.39. The third-order valence-corrected chi connectivity index (χ3v) is 11.6. The zero-order valence-corrected chi connectivity index (χ0v) is 31.4. The van der Waals surface area contributed by atoms with Crippen molar-refractivity contribution in [2.24, 2.45) is 16.7 Å². The summed E-state index contributed by atoms with van der Waals surface area (Å²) in [5.41, 5.74) is 0.774. The van der Waals surface area contributed by atoms with Crippen molar-refractivity contribution in [3.63, 3.8) is 0 Å². The van der Waals surface area contributed by atoms with Crippen LogP contribution in [0.5, 0.6) is 0 Å². The largest absolute Gasteiger partial charge is 0.463 e. The van der Waals surface area contributed by atoms with Gasteiger partial charge in [-0.05, 0) is 36.3 Å². The van der Waals surface area contributed by atoms with E-state index in [0.717, 1.165) is 65.4 Å². The van der Waals surface area contributed by atoms with Gasteiger partial charge in [0.05, 0.1) is 11.3 Å². The maximum atomic E-state index is 13.5. The minimum absolute atomic E-state index is 0.0720. The van der Waals surface area contributed by atoms with Gasteiger partial charge in [-0.2, -0.15) is 0 Å². The van der Waals surface area contributed by atoms with Crippen molar-refractivity contribution in [3.05, 3.63) is 83.9 Å². The lowest BCUT2D eigenvalue weighted by molar-refractivity contribution is -0.168. The number of nitrogens with zero attached hydrogens (tertiary/aromatic N) is 4. The van der Waals surface area contributed by atoms with Gasteiger partial charge in [0, 0.05) is 78.5 Å². The molecule has 1 aliphatic carbocycles. The van der Waals surface area contributed by atoms with Gasteiger partial charge in [-0.1, -0.05) is 98.8 Å². The molecule has 0 spiro atoms. The predicted octanol–water partition coefficient (Wildman–Crippen LogP) is 3.90. The molecule has 3 fully saturated rings. The van der Waals surface area contributed by atoms with Crippen molar-refractivity contribution in [2.45, 2.75) is 45.8 Å². The number of esters is 2. The SMILES string of the molecule is CC1(C(=O)OCC(O)CN2CCN(C/C=C/c3ccccc3)CC2)CCC(C(=O)OCC(O)CN2CCN(C/C=C/c3ccccc3)CC2)C1(C)C. The molecule has 4 atom stereocenters. The topological polar surface area (TPSA) is 106 Å². The van der Waals surface area contributed by atoms with E-state index in [-0.39, 0.29) is 19.2 Å². The summed E-state index contributed by atoms with van der Waals surface area (Å²) < 4.78 is 11.4. The third kappa shape index (κ3) is 11.1. The number of hydrogen-bond donors (Lipinski definition) is 2. The van der Waals surface area contributed by atoms with Crippen LogP contribution in [-0.2, 0) is 19.1 Å². The summed E-state index contributed by atoms with van der Waals surface area (Å²) in [6.45, 7) is 15.3. The van der Waals surface area contributed by atoms with E-state index in [0.29, 0.717) is 25.9 Å². The molecule has 0 aromatic heterocycles. The Morgan fingerprint density at radius 3 is 1.58 bits per heavy atom. The number of ether oxygens (including phenoxy) is 2. The van der Waals surface area contributed by atoms with E-state index >= 15 is 0 Å². The number of carbonyl (C=O) groups is 2. The first-order chi connectivity index (χ1) is 25.0. The number of carbonyl (C=O) groups excluding carboxylic acids is 2. The quantitative estimate of drug-likeness (QED) is 0.249. The Hall–Kier alpha value is -3.38. The van der Waals surface area contributed by atoms with E-state index in [4.69, 9.17) is 9.47 Å². The molecule has 10 nitrogen and oxygen atoms in total. The predicted molar refractivity (Wildman–Crippen MR) is 205 cm³/mol. The maximum absolute atomic E-state index is 13.5. The van der Waals surface area contributed by atoms with Gasteiger partial charge in [-0.15, -0.1) is 0 Å². The molecule has 5 rings (SSSR count). The van der Waals surface area contributed by atoms with Gasteiger partial charge in [0.15, 0.2) is 0 Å². The molecule has 10 heteroatoms. The van der Waals surface area contributed by atoms with Gasteiger partial charge in [0.1, 0.15) is 25.4 Å². The highest BCUT2D eigenvalue weighted by Gasteiger charge is 2.59. The van der Waals surface area contributed by atoms with Crippen molar-refractivity contribution in [1.29, 1.82) is 0 Å². The second-order valence-corrected chi connectivity index (χ2v) is 15.5. The Labute approximate surface area is 310 Å². The van der Waals surface area contributed by atoms with Crippen LogP contribution in [0.1, 0.15) is 44.7 Å². The molecule has 2 aromatic carbocycles. The van der Waals surface area contributed by atoms with E-state index in [9.17, 15) is 19.8 Å². The fraction of sp³-hybridized carbons (Fsp3) is 0.571. The van der Waals surface area contributed by atoms with Gasteiger partial charge in [0.25, 0.3) is 0 Å². The van der Waals surface area contributed by atoms with E-state index in [1.807, 2.05) is 57.2 Å². The minimum atomic E-state index is -0.899. The van der Waals surface area contributed by atoms with Crippen LogP contribution in [-0.4, -0.2) is 146 Å². The van der Waals surface area contributed by atoms with Crippen LogP contribution in [0.15, 0.2) is 72.8 Å². The summed E-state index contributed by atoms with van der Waals surface area (Å²) in [6, 6.07) is 20.5. The Balaban J connectivity index is 0.966. The first-order valence-corrected chi connectivity index (χ1v) is 19.1. The average Bonchev–Trinajstić information content (AvgIpc) is 3.40. The fourth-order valence-electron chi connectivity index (χ4n) is 7.70. The molecule has 2 saturated heterocycles. The Kier molecular flexibility index (Phi) is 14.6. The zero-order valence-electron chi connectivity index (χ0n) is 31.4. The average molecular weight is 717 g/mol. The molecule has 2 aliphatic heterocycles. The van der Waals surface area contributed by atoms with Gasteiger partial charge in [-0.25, -0.2) is 0 Å². The third-order valence-electron chi connectivity index (χ3n) is 11.6. The van der Waals surface area contributed by atoms with Crippen LogP contribution < -0.4 is 0 Å². The number of piperazine rings is 2. The molecule has 2 N–H and O–H groups in total. The monoisotopic (exact) mass is 716 g/mol. The molecule has 2 aromatic rings. The van der Waals surface area contributed by atoms with Crippen LogP contribution in [0, 0.1) is 16.7 Å². The van der Waals surface area contributed by atoms with Crippen molar-refractivity contribution < 1.29 is 29.3 Å². The summed E-state index contributed by atoms with van der Waals surface area (Å²) in [6.07, 6.45) is 8.08. The van der Waals surface area contributed by atoms with Crippen LogP contribution in [0.25, 0.3) is 12.2 Å². The highest BCUT2D eigenvalue weighted by atomic mass is 16.5. The van der Waals surface area contributed by atoms with Gasteiger partial charge in [-0.3, -0.25) is 29.2 Å². The summed E-state index contributed by atoms with van der Waals surface area (Å²) >= 11 is 0. The normalized spacial score (nSPS) is 24.7. The molecule has 0 radical (unpaired) electrons. The van der Waals surface area contributed by atoms with E-state index < -0.39 is 34.9 Å². The lowest BCUT2D eigenvalue weighted by Crippen LogP contribution is -2.49. The molecule has 3 aliphatic rings. The minimum Gasteiger partial charge on any atom is -0.463 e. The highest BCUT2D eigenvalue weighted by Crippen LogP contribution is 2.57. The maximum Gasteiger partial charge on any atom is 0.312 e. The van der Waals surface area contributed by atoms with E-state index in [1.165, 1.54) is 11.1 Å². The Morgan fingerprint density at radius 2 is 1.12 bits per heavy atom. The number of aliphatic hydroxyl groups is 2. The smallest absolute Gasteiger partial charge is 0.312 e. The number of β-amino-alcohol motifs (C(OH)–C–C–N with tert-alkyl or cyclic N) is 2. The second-order valence-electron chi connectivity index (χ2n) is 15.5. The molecule has 0 bridgehead atoms. The summed E-state index contributed by atoms with van der Waals surface area (Å²) in [5.74, 6) is -1.27. The molecule has 2 heterocycles. The number of rotatable bonds is 16. The molecular weight excluding hydrogens is 656 g/mol. The highest BCUT2D eigenvalue weighted by molar-refractivity contribution is 5.82. The number of hydrogen-bond acceptors (Lipinski definition) is 10. The molecular formula is C42H60N4O6. The van der Waals surface area contributed by atoms with Gasteiger partial charge < -0.3 is 19.7 Å². The van der Waals surface area contributed by atoms with Gasteiger partial charge in [0.2, 0.25) is 0 Å². The zero-order chi connectivity index (χ0) is 37.0. The molecule has 4 unspecified atom stereocenters. The van der Waals surface area contributed by atoms with Gasteiger partial charge >= 0.3 is 11.9 Å². The van der Waals surface area contributed by atoms with Crippen molar-refractivity contribution in [1.82, 2.24) is 19.6 Å². The second kappa shape index (κ2) is 19.1. The first-order valence-electron chi connectivity index (χ1n) is 19.1. The Bertz CT molecular complexity index is 1450. The first kappa shape index (κ1) is 39.8. The van der Waals surface area contributed by atoms with Crippen LogP contribution in [0.4, 0.5) is 0 Å². The molecule has 0 amide bonds. The lowest BCUT2D eigenvalue weighted by atomic mass is 9.65. The van der Waals surface area contributed by atoms with Crippen LogP contribution in [0.2, 0.25) is 0 Å². The summed E-state index contributed by atoms with van der Waals surface area (Å²) in [5, 5.41) is 21.5. The summed E-state index contributed by atoms with van der Waals surface area (Å²) in [4.78, 5) is 36.0. The van der Waals surface area contributed by atoms with Crippen LogP contribution >= 0.6 is 0 Å². The number of benzene rings is 2. The van der Waals surface area contributed by atoms with Crippen molar-refractivity contribution in [2.75, 3.05) is 91.8 Å². The van der Waals surface area contributed by atoms with E-state index in [2.05, 4.69) is 68.2 Å². The van der Waals surface area contributed by atoms with Crippen LogP contribution in [0.3, 0.4) is 0 Å². The summed E-state index contributed by atoms with van der Waals surface area (Å²) in [7, 11) is 0. The molecule has 284 valence electrons. The molecule has 1 saturated carbocycles.